The Labute approximate surface area is 91.8 Å². The smallest absolute Gasteiger partial charge is 0.234 e. The third-order valence-corrected chi connectivity index (χ3v) is 2.64. The average molecular weight is 223 g/mol. The molecule has 2 atom stereocenters. The monoisotopic (exact) mass is 223 g/mol. The van der Waals surface area contributed by atoms with Gasteiger partial charge in [0.25, 0.3) is 0 Å². The Morgan fingerprint density at radius 1 is 1.75 bits per heavy atom. The third-order valence-electron chi connectivity index (χ3n) is 2.64. The lowest BCUT2D eigenvalue weighted by Gasteiger charge is -2.24. The van der Waals surface area contributed by atoms with E-state index in [2.05, 4.69) is 10.4 Å². The van der Waals surface area contributed by atoms with E-state index < -0.39 is 11.9 Å². The first kappa shape index (κ1) is 10.6. The number of aromatic nitrogens is 2. The number of primary amides is 1. The van der Waals surface area contributed by atoms with Crippen molar-refractivity contribution in [3.05, 3.63) is 12.3 Å². The van der Waals surface area contributed by atoms with E-state index in [1.807, 2.05) is 0 Å². The van der Waals surface area contributed by atoms with E-state index in [0.717, 1.165) is 0 Å². The number of carbonyl (C=O) groups excluding carboxylic acids is 2. The molecule has 1 aliphatic heterocycles. The van der Waals surface area contributed by atoms with Crippen LogP contribution in [-0.2, 0) is 16.1 Å². The van der Waals surface area contributed by atoms with Gasteiger partial charge in [-0.1, -0.05) is 0 Å². The van der Waals surface area contributed by atoms with Crippen LogP contribution in [0.25, 0.3) is 0 Å². The largest absolute Gasteiger partial charge is 0.368 e. The average Bonchev–Trinajstić information content (AvgIpc) is 2.65. The Balaban J connectivity index is 2.08. The Hall–Kier alpha value is -1.89. The number of anilines is 1. The van der Waals surface area contributed by atoms with Gasteiger partial charge < -0.3 is 16.8 Å². The molecule has 86 valence electrons. The second-order valence-corrected chi connectivity index (χ2v) is 3.83. The normalized spacial score (nSPS) is 21.1. The maximum atomic E-state index is 11.7. The van der Waals surface area contributed by atoms with Gasteiger partial charge in [0.1, 0.15) is 5.82 Å². The molecule has 0 spiro atoms. The predicted octanol–water partition coefficient (Wildman–Crippen LogP) is -1.35. The summed E-state index contributed by atoms with van der Waals surface area (Å²) in [5.41, 5.74) is 10.6. The lowest BCUT2D eigenvalue weighted by atomic mass is 9.98. The van der Waals surface area contributed by atoms with Crippen LogP contribution in [0.15, 0.2) is 12.3 Å². The van der Waals surface area contributed by atoms with Crippen molar-refractivity contribution in [3.8, 4) is 0 Å². The molecule has 1 aromatic heterocycles. The quantitative estimate of drug-likeness (QED) is 0.587. The molecule has 0 saturated heterocycles. The summed E-state index contributed by atoms with van der Waals surface area (Å²) in [7, 11) is 0. The number of carbonyl (C=O) groups is 2. The Morgan fingerprint density at radius 3 is 3.19 bits per heavy atom. The van der Waals surface area contributed by atoms with Gasteiger partial charge in [0, 0.05) is 6.07 Å². The zero-order chi connectivity index (χ0) is 11.7. The van der Waals surface area contributed by atoms with Gasteiger partial charge in [-0.05, 0) is 6.42 Å². The Morgan fingerprint density at radius 2 is 2.50 bits per heavy atom. The minimum Gasteiger partial charge on any atom is -0.368 e. The van der Waals surface area contributed by atoms with Gasteiger partial charge in [0.15, 0.2) is 0 Å². The molecule has 0 aliphatic carbocycles. The zero-order valence-corrected chi connectivity index (χ0v) is 8.59. The van der Waals surface area contributed by atoms with Crippen molar-refractivity contribution in [1.29, 1.82) is 0 Å². The molecule has 2 rings (SSSR count). The van der Waals surface area contributed by atoms with E-state index in [0.29, 0.717) is 12.4 Å². The van der Waals surface area contributed by atoms with Crippen molar-refractivity contribution < 1.29 is 9.59 Å². The zero-order valence-electron chi connectivity index (χ0n) is 8.59. The summed E-state index contributed by atoms with van der Waals surface area (Å²) in [4.78, 5) is 22.5. The van der Waals surface area contributed by atoms with Crippen molar-refractivity contribution in [2.75, 3.05) is 5.32 Å². The molecule has 16 heavy (non-hydrogen) atoms. The van der Waals surface area contributed by atoms with E-state index in [-0.39, 0.29) is 18.2 Å². The number of nitrogens with two attached hydrogens (primary N) is 2. The number of nitrogens with zero attached hydrogens (tertiary/aromatic N) is 2. The number of nitrogens with one attached hydrogen (secondary N) is 1. The van der Waals surface area contributed by atoms with Crippen LogP contribution in [0.1, 0.15) is 6.42 Å². The fraction of sp³-hybridized carbons (Fsp3) is 0.444. The molecule has 0 bridgehead atoms. The third kappa shape index (κ3) is 1.89. The summed E-state index contributed by atoms with van der Waals surface area (Å²) in [6.45, 7) is 0.426. The van der Waals surface area contributed by atoms with Crippen molar-refractivity contribution in [2.45, 2.75) is 19.0 Å². The SMILES string of the molecule is NC(=O)[C@@H](N)C[C@@H]1Cn2nccc2NC1=O. The lowest BCUT2D eigenvalue weighted by Crippen LogP contribution is -2.43. The molecule has 0 fully saturated rings. The van der Waals surface area contributed by atoms with Gasteiger partial charge in [0.2, 0.25) is 11.8 Å². The van der Waals surface area contributed by atoms with E-state index in [9.17, 15) is 9.59 Å². The van der Waals surface area contributed by atoms with Crippen molar-refractivity contribution in [1.82, 2.24) is 9.78 Å². The highest BCUT2D eigenvalue weighted by Crippen LogP contribution is 2.20. The van der Waals surface area contributed by atoms with Gasteiger partial charge in [-0.3, -0.25) is 9.59 Å². The van der Waals surface area contributed by atoms with Crippen LogP contribution >= 0.6 is 0 Å². The summed E-state index contributed by atoms with van der Waals surface area (Å²) >= 11 is 0. The highest BCUT2D eigenvalue weighted by molar-refractivity contribution is 5.93. The second-order valence-electron chi connectivity index (χ2n) is 3.83. The van der Waals surface area contributed by atoms with Crippen molar-refractivity contribution >= 4 is 17.6 Å². The first-order chi connectivity index (χ1) is 7.58. The van der Waals surface area contributed by atoms with E-state index in [1.54, 1.807) is 16.9 Å². The summed E-state index contributed by atoms with van der Waals surface area (Å²) in [5, 5.41) is 6.73. The second kappa shape index (κ2) is 3.93. The molecule has 5 N–H and O–H groups in total. The van der Waals surface area contributed by atoms with Crippen molar-refractivity contribution in [2.24, 2.45) is 17.4 Å². The molecular formula is C9H13N5O2. The molecule has 7 nitrogen and oxygen atoms in total. The molecule has 2 amide bonds. The first-order valence-electron chi connectivity index (χ1n) is 4.95. The lowest BCUT2D eigenvalue weighted by molar-refractivity contribution is -0.122. The minimum absolute atomic E-state index is 0.148. The maximum Gasteiger partial charge on any atom is 0.234 e. The summed E-state index contributed by atoms with van der Waals surface area (Å²) in [5.74, 6) is -0.451. The van der Waals surface area contributed by atoms with Crippen LogP contribution in [0.3, 0.4) is 0 Å². The van der Waals surface area contributed by atoms with E-state index in [4.69, 9.17) is 11.5 Å². The molecule has 2 heterocycles. The standard InChI is InChI=1S/C9H13N5O2/c10-6(8(11)15)3-5-4-14-7(1-2-12-14)13-9(5)16/h1-2,5-6H,3-4,10H2,(H2,11,15)(H,13,16)/t5-,6+/m1/s1. The van der Waals surface area contributed by atoms with Crippen LogP contribution in [0, 0.1) is 5.92 Å². The topological polar surface area (TPSA) is 116 Å². The van der Waals surface area contributed by atoms with E-state index in [1.165, 1.54) is 0 Å². The van der Waals surface area contributed by atoms with Crippen LogP contribution in [-0.4, -0.2) is 27.6 Å². The van der Waals surface area contributed by atoms with Crippen LogP contribution in [0.2, 0.25) is 0 Å². The predicted molar refractivity (Wildman–Crippen MR) is 56.1 cm³/mol. The Kier molecular flexibility index (Phi) is 2.61. The molecule has 7 heteroatoms. The summed E-state index contributed by atoms with van der Waals surface area (Å²) in [6.07, 6.45) is 1.84. The number of hydrogen-bond donors (Lipinski definition) is 3. The number of hydrogen-bond acceptors (Lipinski definition) is 4. The fourth-order valence-electron chi connectivity index (χ4n) is 1.71. The highest BCUT2D eigenvalue weighted by Gasteiger charge is 2.29. The van der Waals surface area contributed by atoms with Gasteiger partial charge in [0.05, 0.1) is 24.7 Å². The maximum absolute atomic E-state index is 11.7. The van der Waals surface area contributed by atoms with Gasteiger partial charge in [-0.15, -0.1) is 0 Å². The number of rotatable bonds is 3. The molecule has 0 saturated carbocycles. The van der Waals surface area contributed by atoms with Gasteiger partial charge >= 0.3 is 0 Å². The highest BCUT2D eigenvalue weighted by atomic mass is 16.2. The van der Waals surface area contributed by atoms with Crippen LogP contribution in [0.4, 0.5) is 5.82 Å². The number of amides is 2. The Bertz CT molecular complexity index is 427. The van der Waals surface area contributed by atoms with Crippen LogP contribution in [0.5, 0.6) is 0 Å². The fourth-order valence-corrected chi connectivity index (χ4v) is 1.71. The molecule has 0 unspecified atom stereocenters. The molecular weight excluding hydrogens is 210 g/mol. The molecule has 1 aromatic rings. The molecule has 0 aromatic carbocycles. The first-order valence-corrected chi connectivity index (χ1v) is 4.95. The van der Waals surface area contributed by atoms with Crippen molar-refractivity contribution in [3.63, 3.8) is 0 Å². The summed E-state index contributed by atoms with van der Waals surface area (Å²) in [6, 6.07) is 0.912. The number of fused-ring (bicyclic) bond motifs is 1. The molecule has 0 radical (unpaired) electrons. The van der Waals surface area contributed by atoms with Gasteiger partial charge in [-0.25, -0.2) is 4.68 Å². The van der Waals surface area contributed by atoms with E-state index >= 15 is 0 Å². The summed E-state index contributed by atoms with van der Waals surface area (Å²) < 4.78 is 1.67. The van der Waals surface area contributed by atoms with Gasteiger partial charge in [-0.2, -0.15) is 5.10 Å². The molecule has 1 aliphatic rings. The van der Waals surface area contributed by atoms with Crippen LogP contribution < -0.4 is 16.8 Å². The minimum atomic E-state index is -0.798.